The average Bonchev–Trinajstić information content (AvgIpc) is 2.81. The fourth-order valence-corrected chi connectivity index (χ4v) is 2.19. The minimum atomic E-state index is 0.625. The summed E-state index contributed by atoms with van der Waals surface area (Å²) >= 11 is 2.17. The number of halogens is 1. The van der Waals surface area contributed by atoms with Crippen LogP contribution in [-0.2, 0) is 0 Å². The third-order valence-corrected chi connectivity index (χ3v) is 3.22. The number of pyridine rings is 1. The van der Waals surface area contributed by atoms with Gasteiger partial charge in [-0.1, -0.05) is 6.07 Å². The van der Waals surface area contributed by atoms with Crippen molar-refractivity contribution in [2.75, 3.05) is 0 Å². The number of rotatable bonds is 1. The van der Waals surface area contributed by atoms with Crippen molar-refractivity contribution in [2.45, 2.75) is 0 Å². The number of nitriles is 1. The van der Waals surface area contributed by atoms with Gasteiger partial charge in [0.2, 0.25) is 0 Å². The van der Waals surface area contributed by atoms with E-state index in [0.29, 0.717) is 5.56 Å². The van der Waals surface area contributed by atoms with Gasteiger partial charge in [-0.15, -0.1) is 0 Å². The summed E-state index contributed by atoms with van der Waals surface area (Å²) in [6, 6.07) is 13.4. The van der Waals surface area contributed by atoms with Crippen molar-refractivity contribution in [2.24, 2.45) is 0 Å². The maximum absolute atomic E-state index is 8.93. The molecule has 86 valence electrons. The van der Waals surface area contributed by atoms with Crippen molar-refractivity contribution < 1.29 is 0 Å². The third-order valence-electron chi connectivity index (χ3n) is 2.61. The van der Waals surface area contributed by atoms with Crippen LogP contribution in [0.1, 0.15) is 5.56 Å². The molecule has 0 spiro atoms. The first-order valence-corrected chi connectivity index (χ1v) is 6.36. The van der Waals surface area contributed by atoms with Gasteiger partial charge < -0.3 is 0 Å². The highest BCUT2D eigenvalue weighted by molar-refractivity contribution is 14.1. The van der Waals surface area contributed by atoms with Gasteiger partial charge in [0.05, 0.1) is 11.6 Å². The molecule has 0 saturated heterocycles. The zero-order valence-corrected chi connectivity index (χ0v) is 11.4. The van der Waals surface area contributed by atoms with E-state index < -0.39 is 0 Å². The summed E-state index contributed by atoms with van der Waals surface area (Å²) < 4.78 is 2.80. The highest BCUT2D eigenvalue weighted by atomic mass is 127. The number of benzene rings is 1. The summed E-state index contributed by atoms with van der Waals surface area (Å²) in [6.45, 7) is 0. The maximum Gasteiger partial charge on any atom is 0.165 e. The second-order valence-corrected chi connectivity index (χ2v) is 4.86. The van der Waals surface area contributed by atoms with E-state index in [1.165, 1.54) is 0 Å². The first-order chi connectivity index (χ1) is 8.78. The van der Waals surface area contributed by atoms with Crippen molar-refractivity contribution in [1.82, 2.24) is 14.5 Å². The fraction of sp³-hybridized carbons (Fsp3) is 0. The molecule has 3 aromatic rings. The van der Waals surface area contributed by atoms with Gasteiger partial charge in [-0.3, -0.25) is 4.57 Å². The van der Waals surface area contributed by atoms with Gasteiger partial charge >= 0.3 is 0 Å². The van der Waals surface area contributed by atoms with Crippen LogP contribution >= 0.6 is 22.6 Å². The molecule has 0 fully saturated rings. The maximum atomic E-state index is 8.93. The molecule has 0 aliphatic heterocycles. The smallest absolute Gasteiger partial charge is 0.165 e. The van der Waals surface area contributed by atoms with Gasteiger partial charge in [-0.05, 0) is 52.9 Å². The van der Waals surface area contributed by atoms with E-state index in [4.69, 9.17) is 5.26 Å². The number of imidazole rings is 1. The van der Waals surface area contributed by atoms with E-state index in [-0.39, 0.29) is 0 Å². The normalized spacial score (nSPS) is 10.4. The predicted molar refractivity (Wildman–Crippen MR) is 76.3 cm³/mol. The van der Waals surface area contributed by atoms with Crippen molar-refractivity contribution in [1.29, 1.82) is 5.26 Å². The molecule has 0 atom stereocenters. The summed E-state index contributed by atoms with van der Waals surface area (Å²) in [5, 5.41) is 8.93. The molecule has 0 radical (unpaired) electrons. The average molecular weight is 346 g/mol. The van der Waals surface area contributed by atoms with Crippen LogP contribution in [-0.4, -0.2) is 14.5 Å². The Morgan fingerprint density at radius 2 is 2.11 bits per heavy atom. The molecule has 0 unspecified atom stereocenters. The van der Waals surface area contributed by atoms with E-state index >= 15 is 0 Å². The van der Waals surface area contributed by atoms with E-state index in [2.05, 4.69) is 38.6 Å². The molecule has 2 heterocycles. The second kappa shape index (κ2) is 4.38. The lowest BCUT2D eigenvalue weighted by Gasteiger charge is -2.03. The lowest BCUT2D eigenvalue weighted by atomic mass is 10.2. The predicted octanol–water partition coefficient (Wildman–Crippen LogP) is 2.90. The Bertz CT molecular complexity index is 770. The molecule has 5 heteroatoms. The van der Waals surface area contributed by atoms with Gasteiger partial charge in [0.25, 0.3) is 0 Å². The quantitative estimate of drug-likeness (QED) is 0.503. The Hall–Kier alpha value is -1.94. The number of aromatic nitrogens is 3. The number of hydrogen-bond donors (Lipinski definition) is 0. The highest BCUT2D eigenvalue weighted by Crippen LogP contribution is 2.18. The van der Waals surface area contributed by atoms with E-state index in [9.17, 15) is 0 Å². The van der Waals surface area contributed by atoms with Crippen LogP contribution < -0.4 is 0 Å². The largest absolute Gasteiger partial charge is 0.283 e. The molecule has 0 aliphatic carbocycles. The van der Waals surface area contributed by atoms with Gasteiger partial charge in [0.15, 0.2) is 5.65 Å². The van der Waals surface area contributed by atoms with Gasteiger partial charge in [-0.25, -0.2) is 9.97 Å². The number of fused-ring (bicyclic) bond motifs is 1. The first kappa shape index (κ1) is 11.2. The van der Waals surface area contributed by atoms with Crippen LogP contribution in [0.15, 0.2) is 42.7 Å². The van der Waals surface area contributed by atoms with E-state index in [1.807, 2.05) is 34.9 Å². The van der Waals surface area contributed by atoms with Crippen LogP contribution in [0.25, 0.3) is 16.9 Å². The molecule has 4 nitrogen and oxygen atoms in total. The Labute approximate surface area is 117 Å². The second-order valence-electron chi connectivity index (χ2n) is 3.75. The van der Waals surface area contributed by atoms with Crippen LogP contribution in [0, 0.1) is 15.0 Å². The zero-order chi connectivity index (χ0) is 12.5. The molecule has 18 heavy (non-hydrogen) atoms. The van der Waals surface area contributed by atoms with Crippen LogP contribution in [0.2, 0.25) is 0 Å². The lowest BCUT2D eigenvalue weighted by molar-refractivity contribution is 1.06. The van der Waals surface area contributed by atoms with Gasteiger partial charge in [0.1, 0.15) is 15.5 Å². The summed E-state index contributed by atoms with van der Waals surface area (Å²) in [6.07, 6.45) is 1.73. The van der Waals surface area contributed by atoms with Crippen molar-refractivity contribution >= 4 is 33.8 Å². The topological polar surface area (TPSA) is 54.5 Å². The van der Waals surface area contributed by atoms with E-state index in [0.717, 1.165) is 20.6 Å². The molecule has 0 N–H and O–H groups in total. The SMILES string of the molecule is N#Cc1cccc(-n2cnc3ccc(I)nc32)c1. The van der Waals surface area contributed by atoms with Gasteiger partial charge in [0, 0.05) is 5.69 Å². The van der Waals surface area contributed by atoms with Crippen LogP contribution in [0.4, 0.5) is 0 Å². The summed E-state index contributed by atoms with van der Waals surface area (Å²) in [4.78, 5) is 8.78. The fourth-order valence-electron chi connectivity index (χ4n) is 1.78. The van der Waals surface area contributed by atoms with Crippen LogP contribution in [0.3, 0.4) is 0 Å². The summed E-state index contributed by atoms with van der Waals surface area (Å²) in [5.74, 6) is 0. The molecule has 0 aliphatic rings. The molecule has 0 bridgehead atoms. The van der Waals surface area contributed by atoms with Crippen molar-refractivity contribution in [3.05, 3.63) is 52.0 Å². The molecule has 0 saturated carbocycles. The van der Waals surface area contributed by atoms with Crippen molar-refractivity contribution in [3.63, 3.8) is 0 Å². The highest BCUT2D eigenvalue weighted by Gasteiger charge is 2.06. The van der Waals surface area contributed by atoms with Crippen molar-refractivity contribution in [3.8, 4) is 11.8 Å². The Balaban J connectivity index is 2.25. The molecule has 3 rings (SSSR count). The molecule has 1 aromatic carbocycles. The monoisotopic (exact) mass is 346 g/mol. The summed E-state index contributed by atoms with van der Waals surface area (Å²) in [7, 11) is 0. The molecule has 2 aromatic heterocycles. The Morgan fingerprint density at radius 1 is 1.22 bits per heavy atom. The Kier molecular flexibility index (Phi) is 2.72. The zero-order valence-electron chi connectivity index (χ0n) is 9.21. The Morgan fingerprint density at radius 3 is 2.94 bits per heavy atom. The standard InChI is InChI=1S/C13H7IN4/c14-12-5-4-11-13(17-12)18(8-16-11)10-3-1-2-9(6-10)7-15/h1-6,8H. The molecular formula is C13H7IN4. The van der Waals surface area contributed by atoms with E-state index in [1.54, 1.807) is 12.4 Å². The third kappa shape index (κ3) is 1.84. The number of hydrogen-bond acceptors (Lipinski definition) is 3. The van der Waals surface area contributed by atoms with Gasteiger partial charge in [-0.2, -0.15) is 5.26 Å². The summed E-state index contributed by atoms with van der Waals surface area (Å²) in [5.41, 5.74) is 3.17. The number of nitrogens with zero attached hydrogens (tertiary/aromatic N) is 4. The first-order valence-electron chi connectivity index (χ1n) is 5.28. The molecule has 0 amide bonds. The minimum Gasteiger partial charge on any atom is -0.283 e. The lowest BCUT2D eigenvalue weighted by Crippen LogP contribution is -1.95. The molecular weight excluding hydrogens is 339 g/mol. The van der Waals surface area contributed by atoms with Crippen LogP contribution in [0.5, 0.6) is 0 Å². The minimum absolute atomic E-state index is 0.625.